The fourth-order valence-corrected chi connectivity index (χ4v) is 0.662. The Morgan fingerprint density at radius 2 is 2.44 bits per heavy atom. The first-order chi connectivity index (χ1) is 4.16. The molecule has 9 heavy (non-hydrogen) atoms. The van der Waals surface area contributed by atoms with Gasteiger partial charge in [-0.25, -0.2) is 0 Å². The Labute approximate surface area is 53.2 Å². The molecule has 1 heterocycles. The van der Waals surface area contributed by atoms with Crippen molar-refractivity contribution >= 4 is 0 Å². The highest BCUT2D eigenvalue weighted by Crippen LogP contribution is 2.07. The summed E-state index contributed by atoms with van der Waals surface area (Å²) < 4.78 is 0. The van der Waals surface area contributed by atoms with Crippen LogP contribution in [0, 0.1) is 0 Å². The van der Waals surface area contributed by atoms with Gasteiger partial charge in [0.1, 0.15) is 0 Å². The van der Waals surface area contributed by atoms with E-state index >= 15 is 0 Å². The van der Waals surface area contributed by atoms with Gasteiger partial charge >= 0.3 is 0 Å². The number of hydrogen-bond acceptors (Lipinski definition) is 4. The van der Waals surface area contributed by atoms with Crippen LogP contribution in [0.5, 0.6) is 0 Å². The summed E-state index contributed by atoms with van der Waals surface area (Å²) in [6, 6.07) is 0. The molecule has 0 fully saturated rings. The van der Waals surface area contributed by atoms with Crippen molar-refractivity contribution in [3.05, 3.63) is 12.1 Å². The first kappa shape index (κ1) is 6.22. The van der Waals surface area contributed by atoms with Crippen molar-refractivity contribution in [2.45, 2.75) is 19.2 Å². The zero-order valence-corrected chi connectivity index (χ0v) is 5.18. The van der Waals surface area contributed by atoms with Gasteiger partial charge in [-0.15, -0.1) is 0 Å². The number of aliphatic hydroxyl groups is 2. The third-order valence-electron chi connectivity index (χ3n) is 1.29. The van der Waals surface area contributed by atoms with Crippen LogP contribution in [0.1, 0.15) is 13.3 Å². The Morgan fingerprint density at radius 1 is 1.78 bits per heavy atom. The molecular weight excluding hydrogens is 120 g/mol. The van der Waals surface area contributed by atoms with Crippen LogP contribution in [0.15, 0.2) is 12.1 Å². The van der Waals surface area contributed by atoms with Crippen LogP contribution in [0.2, 0.25) is 0 Å². The van der Waals surface area contributed by atoms with Gasteiger partial charge in [0.15, 0.2) is 0 Å². The molecule has 4 nitrogen and oxygen atoms in total. The van der Waals surface area contributed by atoms with Crippen molar-refractivity contribution in [1.82, 2.24) is 10.6 Å². The van der Waals surface area contributed by atoms with Gasteiger partial charge in [-0.1, -0.05) is 6.92 Å². The van der Waals surface area contributed by atoms with Crippen molar-refractivity contribution in [3.8, 4) is 0 Å². The van der Waals surface area contributed by atoms with Crippen molar-refractivity contribution in [3.63, 3.8) is 0 Å². The molecule has 0 radical (unpaired) electrons. The van der Waals surface area contributed by atoms with Crippen molar-refractivity contribution in [2.24, 2.45) is 0 Å². The summed E-state index contributed by atoms with van der Waals surface area (Å²) in [5.74, 6) is -1.16. The molecule has 0 saturated heterocycles. The molecule has 4 heteroatoms. The van der Waals surface area contributed by atoms with Crippen LogP contribution in [0.25, 0.3) is 0 Å². The second-order valence-electron chi connectivity index (χ2n) is 2.01. The minimum atomic E-state index is -1.13. The van der Waals surface area contributed by atoms with E-state index in [0.717, 1.165) is 0 Å². The Bertz CT molecular complexity index is 146. The molecule has 0 aromatic heterocycles. The minimum absolute atomic E-state index is 0.0284. The molecule has 0 bridgehead atoms. The lowest BCUT2D eigenvalue weighted by Crippen LogP contribution is -2.48. The second-order valence-corrected chi connectivity index (χ2v) is 2.01. The zero-order chi connectivity index (χ0) is 6.91. The van der Waals surface area contributed by atoms with Gasteiger partial charge in [0.2, 0.25) is 11.7 Å². The predicted octanol–water partition coefficient (Wildman–Crippen LogP) is -0.408. The molecule has 1 unspecified atom stereocenters. The Balaban J connectivity index is 2.53. The molecular formula is C5H10N2O2. The summed E-state index contributed by atoms with van der Waals surface area (Å²) >= 11 is 0. The van der Waals surface area contributed by atoms with Crippen LogP contribution in [0.4, 0.5) is 0 Å². The molecule has 1 atom stereocenters. The van der Waals surface area contributed by atoms with Gasteiger partial charge in [-0.3, -0.25) is 0 Å². The Morgan fingerprint density at radius 3 is 2.67 bits per heavy atom. The quantitative estimate of drug-likeness (QED) is 0.389. The second kappa shape index (κ2) is 1.80. The van der Waals surface area contributed by atoms with Crippen molar-refractivity contribution in [2.75, 3.05) is 0 Å². The van der Waals surface area contributed by atoms with Crippen LogP contribution < -0.4 is 10.6 Å². The molecule has 1 rings (SSSR count). The maximum atomic E-state index is 9.24. The Kier molecular flexibility index (Phi) is 1.25. The minimum Gasteiger partial charge on any atom is -0.494 e. The molecule has 4 N–H and O–H groups in total. The predicted molar refractivity (Wildman–Crippen MR) is 32.2 cm³/mol. The average molecular weight is 130 g/mol. The van der Waals surface area contributed by atoms with Gasteiger partial charge in [0.05, 0.1) is 6.20 Å². The van der Waals surface area contributed by atoms with Gasteiger partial charge in [-0.2, -0.15) is 0 Å². The topological polar surface area (TPSA) is 64.5 Å². The highest BCUT2D eigenvalue weighted by Gasteiger charge is 2.27. The van der Waals surface area contributed by atoms with E-state index in [2.05, 4.69) is 10.6 Å². The van der Waals surface area contributed by atoms with E-state index in [-0.39, 0.29) is 5.88 Å². The number of nitrogens with one attached hydrogen (secondary N) is 2. The van der Waals surface area contributed by atoms with E-state index in [1.807, 2.05) is 0 Å². The summed E-state index contributed by atoms with van der Waals surface area (Å²) in [6.07, 6.45) is 1.82. The smallest absolute Gasteiger partial charge is 0.215 e. The first-order valence-electron chi connectivity index (χ1n) is 2.84. The van der Waals surface area contributed by atoms with E-state index in [1.54, 1.807) is 6.92 Å². The third kappa shape index (κ3) is 1.08. The number of hydrogen-bond donors (Lipinski definition) is 4. The monoisotopic (exact) mass is 130 g/mol. The fraction of sp³-hybridized carbons (Fsp3) is 0.600. The van der Waals surface area contributed by atoms with E-state index < -0.39 is 5.85 Å². The van der Waals surface area contributed by atoms with Crippen LogP contribution in [-0.4, -0.2) is 16.1 Å². The number of rotatable bonds is 1. The molecule has 0 saturated carbocycles. The van der Waals surface area contributed by atoms with Crippen LogP contribution in [-0.2, 0) is 0 Å². The molecule has 0 spiro atoms. The molecule has 1 aliphatic heterocycles. The lowest BCUT2D eigenvalue weighted by molar-refractivity contribution is -0.00522. The molecule has 52 valence electrons. The fourth-order valence-electron chi connectivity index (χ4n) is 0.662. The van der Waals surface area contributed by atoms with Gasteiger partial charge < -0.3 is 20.8 Å². The summed E-state index contributed by atoms with van der Waals surface area (Å²) in [7, 11) is 0. The van der Waals surface area contributed by atoms with Crippen molar-refractivity contribution in [1.29, 1.82) is 0 Å². The van der Waals surface area contributed by atoms with E-state index in [1.165, 1.54) is 6.20 Å². The first-order valence-corrected chi connectivity index (χ1v) is 2.84. The molecule has 0 aliphatic carbocycles. The normalized spacial score (nSPS) is 32.9. The summed E-state index contributed by atoms with van der Waals surface area (Å²) in [5, 5.41) is 23.0. The number of aliphatic hydroxyl groups excluding tert-OH is 1. The van der Waals surface area contributed by atoms with E-state index in [4.69, 9.17) is 5.11 Å². The van der Waals surface area contributed by atoms with E-state index in [9.17, 15) is 5.11 Å². The highest BCUT2D eigenvalue weighted by molar-refractivity contribution is 5.00. The summed E-state index contributed by atoms with van der Waals surface area (Å²) in [4.78, 5) is 0. The van der Waals surface area contributed by atoms with Gasteiger partial charge in [0, 0.05) is 6.42 Å². The summed E-state index contributed by atoms with van der Waals surface area (Å²) in [5.41, 5.74) is 0. The lowest BCUT2D eigenvalue weighted by Gasteiger charge is -2.21. The maximum absolute atomic E-state index is 9.24. The molecule has 1 aliphatic rings. The Hall–Kier alpha value is -0.900. The molecule has 0 amide bonds. The third-order valence-corrected chi connectivity index (χ3v) is 1.29. The van der Waals surface area contributed by atoms with Gasteiger partial charge in [0.25, 0.3) is 0 Å². The molecule has 0 aromatic rings. The SMILES string of the molecule is CCC1(O)NC=C(O)N1. The van der Waals surface area contributed by atoms with Gasteiger partial charge in [-0.05, 0) is 0 Å². The average Bonchev–Trinajstić information content (AvgIpc) is 2.13. The summed E-state index contributed by atoms with van der Waals surface area (Å²) in [6.45, 7) is 1.80. The zero-order valence-electron chi connectivity index (χ0n) is 5.18. The standard InChI is InChI=1S/C5H10N2O2/c1-2-5(9)6-3-4(8)7-5/h3,6-9H,2H2,1H3. The van der Waals surface area contributed by atoms with Crippen molar-refractivity contribution < 1.29 is 10.2 Å². The molecule has 0 aromatic carbocycles. The van der Waals surface area contributed by atoms with Crippen LogP contribution in [0.3, 0.4) is 0 Å². The van der Waals surface area contributed by atoms with Crippen LogP contribution >= 0.6 is 0 Å². The highest BCUT2D eigenvalue weighted by atomic mass is 16.3. The maximum Gasteiger partial charge on any atom is 0.215 e. The van der Waals surface area contributed by atoms with E-state index in [0.29, 0.717) is 6.42 Å². The largest absolute Gasteiger partial charge is 0.494 e. The lowest BCUT2D eigenvalue weighted by atomic mass is 10.3.